The van der Waals surface area contributed by atoms with Crippen molar-refractivity contribution in [1.82, 2.24) is 10.4 Å². The Hall–Kier alpha value is -0.170. The molecule has 1 aliphatic rings. The molecule has 0 saturated carbocycles. The fourth-order valence-electron chi connectivity index (χ4n) is 0.742. The number of hydroxylamine groups is 2. The molecular weight excluding hydrogens is 156 g/mol. The van der Waals surface area contributed by atoms with E-state index in [1.165, 1.54) is 5.06 Å². The largest absolute Gasteiger partial charge is 0.301 e. The van der Waals surface area contributed by atoms with Crippen molar-refractivity contribution >= 4 is 10.1 Å². The van der Waals surface area contributed by atoms with Gasteiger partial charge in [0.1, 0.15) is 0 Å². The molecule has 5 nitrogen and oxygen atoms in total. The lowest BCUT2D eigenvalue weighted by atomic mass is 10.7. The molecule has 1 fully saturated rings. The predicted octanol–water partition coefficient (Wildman–Crippen LogP) is -1.26. The predicted molar refractivity (Wildman–Crippen MR) is 35.5 cm³/mol. The van der Waals surface area contributed by atoms with Crippen LogP contribution < -0.4 is 5.32 Å². The van der Waals surface area contributed by atoms with Gasteiger partial charge in [0.2, 0.25) is 0 Å². The van der Waals surface area contributed by atoms with E-state index in [0.717, 1.165) is 12.8 Å². The van der Waals surface area contributed by atoms with Crippen LogP contribution in [0.2, 0.25) is 0 Å². The zero-order valence-electron chi connectivity index (χ0n) is 5.70. The van der Waals surface area contributed by atoms with E-state index in [1.54, 1.807) is 0 Å². The van der Waals surface area contributed by atoms with Crippen molar-refractivity contribution in [3.8, 4) is 0 Å². The summed E-state index contributed by atoms with van der Waals surface area (Å²) in [6, 6.07) is 0. The summed E-state index contributed by atoms with van der Waals surface area (Å²) >= 11 is 0. The molecule has 0 aromatic heterocycles. The van der Waals surface area contributed by atoms with Crippen molar-refractivity contribution in [2.24, 2.45) is 0 Å². The van der Waals surface area contributed by atoms with Gasteiger partial charge in [-0.3, -0.25) is 0 Å². The van der Waals surface area contributed by atoms with E-state index >= 15 is 0 Å². The molecule has 1 saturated heterocycles. The van der Waals surface area contributed by atoms with Crippen LogP contribution in [-0.2, 0) is 14.4 Å². The van der Waals surface area contributed by atoms with Gasteiger partial charge in [-0.2, -0.15) is 17.8 Å². The Bertz CT molecular complexity index is 195. The molecule has 0 radical (unpaired) electrons. The molecule has 0 bridgehead atoms. The summed E-state index contributed by atoms with van der Waals surface area (Å²) in [6.07, 6.45) is 1.03. The van der Waals surface area contributed by atoms with E-state index in [-0.39, 0.29) is 0 Å². The van der Waals surface area contributed by atoms with Crippen LogP contribution in [0.15, 0.2) is 0 Å². The lowest BCUT2D eigenvalue weighted by molar-refractivity contribution is -0.0271. The number of nitrogens with one attached hydrogen (secondary N) is 1. The third kappa shape index (κ3) is 2.61. The van der Waals surface area contributed by atoms with Crippen LogP contribution >= 0.6 is 0 Å². The van der Waals surface area contributed by atoms with Crippen LogP contribution in [-0.4, -0.2) is 39.5 Å². The summed E-state index contributed by atoms with van der Waals surface area (Å²) in [5.74, 6) is 0. The first kappa shape index (κ1) is 7.93. The van der Waals surface area contributed by atoms with Crippen molar-refractivity contribution < 1.29 is 12.7 Å². The molecule has 1 heterocycles. The van der Waals surface area contributed by atoms with Gasteiger partial charge in [-0.1, -0.05) is 0 Å². The maximum atomic E-state index is 10.5. The zero-order valence-corrected chi connectivity index (χ0v) is 6.52. The van der Waals surface area contributed by atoms with E-state index in [2.05, 4.69) is 9.60 Å². The van der Waals surface area contributed by atoms with Gasteiger partial charge in [0.05, 0.1) is 12.9 Å². The average Bonchev–Trinajstić information content (AvgIpc) is 2.12. The zero-order chi connectivity index (χ0) is 7.61. The summed E-state index contributed by atoms with van der Waals surface area (Å²) in [5, 5.41) is 4.30. The minimum Gasteiger partial charge on any atom is -0.301 e. The summed E-state index contributed by atoms with van der Waals surface area (Å²) in [5.41, 5.74) is 0. The van der Waals surface area contributed by atoms with Crippen molar-refractivity contribution in [2.75, 3.05) is 26.0 Å². The van der Waals surface area contributed by atoms with E-state index in [4.69, 9.17) is 0 Å². The molecule has 60 valence electrons. The van der Waals surface area contributed by atoms with Gasteiger partial charge in [-0.15, -0.1) is 0 Å². The van der Waals surface area contributed by atoms with Gasteiger partial charge in [0.15, 0.2) is 0 Å². The summed E-state index contributed by atoms with van der Waals surface area (Å²) in [6.45, 7) is 1.87. The molecule has 0 spiro atoms. The van der Waals surface area contributed by atoms with Crippen LogP contribution in [0.5, 0.6) is 0 Å². The number of hydrogen-bond acceptors (Lipinski definition) is 5. The van der Waals surface area contributed by atoms with Crippen molar-refractivity contribution in [3.05, 3.63) is 0 Å². The van der Waals surface area contributed by atoms with Gasteiger partial charge in [-0.05, 0) is 0 Å². The van der Waals surface area contributed by atoms with E-state index in [0.29, 0.717) is 13.2 Å². The van der Waals surface area contributed by atoms with E-state index in [1.807, 2.05) is 0 Å². The van der Waals surface area contributed by atoms with Crippen molar-refractivity contribution in [1.29, 1.82) is 0 Å². The van der Waals surface area contributed by atoms with Crippen LogP contribution in [0, 0.1) is 0 Å². The van der Waals surface area contributed by atoms with E-state index in [9.17, 15) is 8.42 Å². The van der Waals surface area contributed by atoms with Crippen LogP contribution in [0.25, 0.3) is 0 Å². The standard InChI is InChI=1S/C4H10N2O3S/c1-10(7,8)9-6-3-2-5-4-6/h5H,2-4H2,1H3. The highest BCUT2D eigenvalue weighted by molar-refractivity contribution is 7.85. The Morgan fingerprint density at radius 3 is 2.70 bits per heavy atom. The highest BCUT2D eigenvalue weighted by atomic mass is 32.2. The molecule has 1 rings (SSSR count). The summed E-state index contributed by atoms with van der Waals surface area (Å²) in [4.78, 5) is 0. The molecule has 0 aromatic carbocycles. The molecule has 6 heteroatoms. The Morgan fingerprint density at radius 1 is 1.60 bits per heavy atom. The Morgan fingerprint density at radius 2 is 2.30 bits per heavy atom. The first-order valence-electron chi connectivity index (χ1n) is 2.93. The fraction of sp³-hybridized carbons (Fsp3) is 1.00. The lowest BCUT2D eigenvalue weighted by Crippen LogP contribution is -2.25. The lowest BCUT2D eigenvalue weighted by Gasteiger charge is -2.09. The number of rotatable bonds is 2. The second-order valence-electron chi connectivity index (χ2n) is 2.14. The third-order valence-corrected chi connectivity index (χ3v) is 1.55. The number of hydrogen-bond donors (Lipinski definition) is 1. The molecule has 1 aliphatic heterocycles. The minimum absolute atomic E-state index is 0.479. The van der Waals surface area contributed by atoms with E-state index < -0.39 is 10.1 Å². The first-order chi connectivity index (χ1) is 4.58. The third-order valence-electron chi connectivity index (χ3n) is 1.07. The quantitative estimate of drug-likeness (QED) is 0.555. The topological polar surface area (TPSA) is 58.6 Å². The molecule has 1 N–H and O–H groups in total. The van der Waals surface area contributed by atoms with Crippen LogP contribution in [0.1, 0.15) is 0 Å². The van der Waals surface area contributed by atoms with Gasteiger partial charge < -0.3 is 5.32 Å². The van der Waals surface area contributed by atoms with Crippen LogP contribution in [0.3, 0.4) is 0 Å². The normalized spacial score (nSPS) is 21.7. The second-order valence-corrected chi connectivity index (χ2v) is 3.70. The summed E-state index contributed by atoms with van der Waals surface area (Å²) < 4.78 is 25.5. The maximum Gasteiger partial charge on any atom is 0.280 e. The van der Waals surface area contributed by atoms with Crippen LogP contribution in [0.4, 0.5) is 0 Å². The molecule has 0 amide bonds. The number of nitrogens with zero attached hydrogens (tertiary/aromatic N) is 1. The molecule has 0 atom stereocenters. The van der Waals surface area contributed by atoms with Gasteiger partial charge in [0, 0.05) is 13.1 Å². The molecule has 0 aromatic rings. The Balaban J connectivity index is 2.38. The highest BCUT2D eigenvalue weighted by Gasteiger charge is 2.15. The smallest absolute Gasteiger partial charge is 0.280 e. The fourth-order valence-corrected chi connectivity index (χ4v) is 1.25. The molecular formula is C4H10N2O3S. The maximum absolute atomic E-state index is 10.5. The molecule has 0 unspecified atom stereocenters. The van der Waals surface area contributed by atoms with Gasteiger partial charge >= 0.3 is 0 Å². The minimum atomic E-state index is -3.32. The Kier molecular flexibility index (Phi) is 2.24. The monoisotopic (exact) mass is 166 g/mol. The SMILES string of the molecule is CS(=O)(=O)ON1CCNC1. The molecule has 10 heavy (non-hydrogen) atoms. The van der Waals surface area contributed by atoms with Gasteiger partial charge in [0.25, 0.3) is 10.1 Å². The summed E-state index contributed by atoms with van der Waals surface area (Å²) in [7, 11) is -3.32. The highest BCUT2D eigenvalue weighted by Crippen LogP contribution is 1.97. The first-order valence-corrected chi connectivity index (χ1v) is 4.75. The molecule has 0 aliphatic carbocycles. The van der Waals surface area contributed by atoms with Crippen molar-refractivity contribution in [3.63, 3.8) is 0 Å². The Labute approximate surface area is 60.0 Å². The van der Waals surface area contributed by atoms with Crippen molar-refractivity contribution in [2.45, 2.75) is 0 Å². The van der Waals surface area contributed by atoms with Gasteiger partial charge in [-0.25, -0.2) is 0 Å². The second kappa shape index (κ2) is 2.83. The average molecular weight is 166 g/mol.